The standard InChI is InChI=1S/C60H49N11O17S7/c1-26-18-30(6-12-36(26)66-68-38-14-10-34-44(93(80,81)82)24-46(92(5,78)79)52(61)50(34)54(38)74)32-8-16-40(28(3)20-32)70-48(72)22-42(56(70)76)90-59-63-58(89)64-60(65-59)91-43-23-49(73)71(57(43)77)41-17-9-33(21-29(41)4)31-7-13-37(27(2)19-31)67-69-39-15-11-35-45(94(83,84)85)25-47(95(86,87)88)53(62)51(35)55(39)75/h6-21,24-25,42-43,74-75H,22-23,61-62H2,1-5H3,(H,80,81,82)(H,83,84,85)(H,86,87,88)(H,63,64,65,89). The van der Waals surface area contributed by atoms with E-state index in [9.17, 15) is 76.7 Å². The van der Waals surface area contributed by atoms with E-state index >= 15 is 0 Å². The average Bonchev–Trinajstić information content (AvgIpc) is 1.68. The Labute approximate surface area is 554 Å². The molecule has 488 valence electrons. The zero-order chi connectivity index (χ0) is 68.9. The number of rotatable bonds is 16. The normalized spacial score (nSPS) is 15.9. The molecule has 11 rings (SSSR count). The van der Waals surface area contributed by atoms with Crippen molar-refractivity contribution in [2.24, 2.45) is 20.5 Å². The Morgan fingerprint density at radius 3 is 1.17 bits per heavy atom. The van der Waals surface area contributed by atoms with E-state index in [0.29, 0.717) is 73.8 Å². The number of hydrogen-bond donors (Lipinski definition) is 8. The van der Waals surface area contributed by atoms with E-state index in [-0.39, 0.29) is 55.8 Å². The van der Waals surface area contributed by atoms with Gasteiger partial charge in [-0.1, -0.05) is 59.9 Å². The van der Waals surface area contributed by atoms with Gasteiger partial charge in [0.25, 0.3) is 30.4 Å². The van der Waals surface area contributed by atoms with Crippen LogP contribution in [0.3, 0.4) is 0 Å². The molecule has 9 N–H and O–H groups in total. The van der Waals surface area contributed by atoms with Crippen LogP contribution in [0.2, 0.25) is 0 Å². The van der Waals surface area contributed by atoms with Crippen molar-refractivity contribution in [3.63, 3.8) is 0 Å². The number of thioether (sulfide) groups is 2. The van der Waals surface area contributed by atoms with Gasteiger partial charge in [0.2, 0.25) is 23.6 Å². The van der Waals surface area contributed by atoms with Crippen LogP contribution in [-0.2, 0) is 59.4 Å². The molecule has 2 atom stereocenters. The van der Waals surface area contributed by atoms with Gasteiger partial charge in [0.05, 0.1) is 49.8 Å². The van der Waals surface area contributed by atoms with Gasteiger partial charge in [0.1, 0.15) is 36.6 Å². The summed E-state index contributed by atoms with van der Waals surface area (Å²) in [6.45, 7) is 6.94. The number of azo groups is 2. The SMILES string of the molecule is Cc1cc(-c2ccc(N3C(=O)CC(Sc4nc(S)nc(SC5CC(=O)N(c6ccc(-c7ccc(N=Nc8ccc9c(S(=O)(=O)O)cc(S(=O)(=O)O)c(N)c9c8O)c(C)c7)cc6C)C5=O)n4)C3=O)c(C)c2)ccc1N=Nc1ccc2c(S(=O)(=O)O)cc(S(C)(=O)=O)c(N)c2c1O. The fourth-order valence-corrected chi connectivity index (χ4v) is 16.3. The fourth-order valence-electron chi connectivity index (χ4n) is 10.9. The van der Waals surface area contributed by atoms with Crippen LogP contribution in [0.1, 0.15) is 35.1 Å². The minimum absolute atomic E-state index is 0.0419. The lowest BCUT2D eigenvalue weighted by molar-refractivity contribution is -0.122. The molecule has 2 aliphatic rings. The maximum absolute atomic E-state index is 14.1. The first kappa shape index (κ1) is 67.1. The summed E-state index contributed by atoms with van der Waals surface area (Å²) in [7, 11) is -19.3. The van der Waals surface area contributed by atoms with Crippen LogP contribution in [0, 0.1) is 27.7 Å². The van der Waals surface area contributed by atoms with Crippen LogP contribution in [0.25, 0.3) is 43.8 Å². The highest BCUT2D eigenvalue weighted by Crippen LogP contribution is 2.47. The number of nitrogens with two attached hydrogens (primary N) is 2. The topological polar surface area (TPSA) is 453 Å². The number of anilines is 4. The van der Waals surface area contributed by atoms with Crippen LogP contribution in [0.5, 0.6) is 11.5 Å². The number of carbonyl (C=O) groups excluding carboxylic acids is 4. The van der Waals surface area contributed by atoms with Crippen LogP contribution in [0.4, 0.5) is 45.5 Å². The van der Waals surface area contributed by atoms with Crippen molar-refractivity contribution in [3.8, 4) is 33.8 Å². The number of thiol groups is 1. The van der Waals surface area contributed by atoms with Gasteiger partial charge >= 0.3 is 0 Å². The van der Waals surface area contributed by atoms with E-state index < -0.39 is 122 Å². The number of nitrogen functional groups attached to an aromatic ring is 2. The van der Waals surface area contributed by atoms with Crippen molar-refractivity contribution < 1.29 is 76.7 Å². The smallest absolute Gasteiger partial charge is 0.296 e. The lowest BCUT2D eigenvalue weighted by Gasteiger charge is -2.18. The van der Waals surface area contributed by atoms with Crippen molar-refractivity contribution >= 4 is 167 Å². The fraction of sp³-hybridized carbons (Fsp3) is 0.150. The predicted octanol–water partition coefficient (Wildman–Crippen LogP) is 10.4. The van der Waals surface area contributed by atoms with Gasteiger partial charge in [-0.25, -0.2) is 18.2 Å². The molecule has 0 aliphatic carbocycles. The summed E-state index contributed by atoms with van der Waals surface area (Å²) >= 11 is 6.19. The molecule has 2 aliphatic heterocycles. The molecule has 8 aromatic carbocycles. The van der Waals surface area contributed by atoms with Crippen LogP contribution < -0.4 is 21.3 Å². The molecule has 0 radical (unpaired) electrons. The first-order valence-corrected chi connectivity index (χ1v) is 36.0. The molecule has 9 aromatic rings. The van der Waals surface area contributed by atoms with Crippen molar-refractivity contribution in [2.75, 3.05) is 27.5 Å². The van der Waals surface area contributed by atoms with Crippen molar-refractivity contribution in [1.82, 2.24) is 15.0 Å². The number of benzene rings is 8. The van der Waals surface area contributed by atoms with Gasteiger partial charge in [-0.15, -0.1) is 22.9 Å². The van der Waals surface area contributed by atoms with Gasteiger partial charge in [-0.05, 0) is 145 Å². The summed E-state index contributed by atoms with van der Waals surface area (Å²) in [5, 5.41) is 35.6. The number of amides is 4. The third-order valence-corrected chi connectivity index (χ3v) is 21.5. The number of phenolic OH excluding ortho intramolecular Hbond substituents is 2. The molecule has 0 bridgehead atoms. The number of phenols is 2. The summed E-state index contributed by atoms with van der Waals surface area (Å²) in [6, 6.07) is 26.5. The zero-order valence-corrected chi connectivity index (χ0v) is 55.5. The maximum atomic E-state index is 14.1. The molecule has 2 fully saturated rings. The zero-order valence-electron chi connectivity index (χ0n) is 49.7. The highest BCUT2D eigenvalue weighted by molar-refractivity contribution is 8.01. The van der Waals surface area contributed by atoms with Crippen LogP contribution in [0.15, 0.2) is 165 Å². The molecule has 2 unspecified atom stereocenters. The second kappa shape index (κ2) is 24.8. The number of nitrogens with zero attached hydrogens (tertiary/aromatic N) is 9. The number of imide groups is 2. The van der Waals surface area contributed by atoms with Crippen molar-refractivity contribution in [2.45, 2.75) is 86.1 Å². The van der Waals surface area contributed by atoms with E-state index in [0.717, 1.165) is 57.3 Å². The summed E-state index contributed by atoms with van der Waals surface area (Å²) in [5.41, 5.74) is 17.0. The van der Waals surface area contributed by atoms with Crippen molar-refractivity contribution in [3.05, 3.63) is 131 Å². The van der Waals surface area contributed by atoms with E-state index in [1.165, 1.54) is 12.1 Å². The van der Waals surface area contributed by atoms with Crippen LogP contribution in [-0.4, -0.2) is 113 Å². The molecular formula is C60H49N11O17S7. The van der Waals surface area contributed by atoms with E-state index in [1.54, 1.807) is 100 Å². The molecule has 1 aromatic heterocycles. The second-order valence-corrected chi connectivity index (χ2v) is 30.7. The minimum Gasteiger partial charge on any atom is -0.505 e. The van der Waals surface area contributed by atoms with E-state index in [1.807, 2.05) is 0 Å². The Morgan fingerprint density at radius 1 is 0.474 bits per heavy atom. The average molecular weight is 1420 g/mol. The largest absolute Gasteiger partial charge is 0.505 e. The van der Waals surface area contributed by atoms with E-state index in [4.69, 9.17) is 11.5 Å². The van der Waals surface area contributed by atoms with Crippen molar-refractivity contribution in [1.29, 1.82) is 0 Å². The Bertz CT molecular complexity index is 5140. The number of aryl methyl sites for hydroxylation is 4. The van der Waals surface area contributed by atoms with Gasteiger partial charge in [-0.2, -0.15) is 50.4 Å². The lowest BCUT2D eigenvalue weighted by atomic mass is 10.00. The number of sulfone groups is 1. The molecule has 3 heterocycles. The number of aromatic hydroxyl groups is 2. The molecule has 0 spiro atoms. The molecule has 28 nitrogen and oxygen atoms in total. The summed E-state index contributed by atoms with van der Waals surface area (Å²) in [4.78, 5) is 67.2. The summed E-state index contributed by atoms with van der Waals surface area (Å²) < 4.78 is 127. The lowest BCUT2D eigenvalue weighted by Crippen LogP contribution is -2.32. The summed E-state index contributed by atoms with van der Waals surface area (Å²) in [6.07, 6.45) is 0.375. The first-order chi connectivity index (χ1) is 44.5. The van der Waals surface area contributed by atoms with Gasteiger partial charge in [0.15, 0.2) is 36.8 Å². The summed E-state index contributed by atoms with van der Waals surface area (Å²) in [5.74, 6) is -3.51. The third-order valence-electron chi connectivity index (χ3n) is 15.4. The Kier molecular flexibility index (Phi) is 17.5. The second-order valence-electron chi connectivity index (χ2n) is 21.8. The Balaban J connectivity index is 0.737. The minimum atomic E-state index is -5.13. The first-order valence-electron chi connectivity index (χ1n) is 27.6. The van der Waals surface area contributed by atoms with E-state index in [2.05, 4.69) is 48.0 Å². The molecule has 2 saturated heterocycles. The quantitative estimate of drug-likeness (QED) is 0.0146. The monoisotopic (exact) mass is 1420 g/mol. The Morgan fingerprint density at radius 2 is 0.811 bits per heavy atom. The third kappa shape index (κ3) is 13.0. The molecule has 95 heavy (non-hydrogen) atoms. The predicted molar refractivity (Wildman–Crippen MR) is 354 cm³/mol. The molecule has 4 amide bonds. The number of fused-ring (bicyclic) bond motifs is 2. The highest BCUT2D eigenvalue weighted by Gasteiger charge is 2.43. The number of aromatic nitrogens is 3. The highest BCUT2D eigenvalue weighted by atomic mass is 32.2. The van der Waals surface area contributed by atoms with Crippen LogP contribution >= 0.6 is 36.2 Å². The Hall–Kier alpha value is -9.30. The number of hydrogen-bond acceptors (Lipinski definition) is 26. The van der Waals surface area contributed by atoms with Gasteiger partial charge < -0.3 is 21.7 Å². The maximum Gasteiger partial charge on any atom is 0.296 e. The number of carbonyl (C=O) groups is 4. The molecule has 0 saturated carbocycles. The van der Waals surface area contributed by atoms with Gasteiger partial charge in [0, 0.05) is 29.9 Å². The van der Waals surface area contributed by atoms with Gasteiger partial charge in [-0.3, -0.25) is 32.8 Å². The molecular weight excluding hydrogens is 1370 g/mol. The molecule has 35 heteroatoms.